The van der Waals surface area contributed by atoms with Gasteiger partial charge < -0.3 is 10.1 Å². The van der Waals surface area contributed by atoms with E-state index in [1.165, 1.54) is 19.3 Å². The summed E-state index contributed by atoms with van der Waals surface area (Å²) < 4.78 is 5.61. The van der Waals surface area contributed by atoms with Crippen molar-refractivity contribution < 1.29 is 4.74 Å². The Kier molecular flexibility index (Phi) is 5.77. The maximum absolute atomic E-state index is 5.61. The van der Waals surface area contributed by atoms with Gasteiger partial charge in [-0.25, -0.2) is 0 Å². The van der Waals surface area contributed by atoms with Crippen LogP contribution in [0, 0.1) is 17.8 Å². The van der Waals surface area contributed by atoms with Crippen molar-refractivity contribution in [1.82, 2.24) is 5.32 Å². The van der Waals surface area contributed by atoms with Crippen LogP contribution in [0.3, 0.4) is 0 Å². The van der Waals surface area contributed by atoms with Gasteiger partial charge >= 0.3 is 0 Å². The Hall–Kier alpha value is -0.0800. The molecule has 1 aliphatic rings. The van der Waals surface area contributed by atoms with Crippen LogP contribution in [-0.2, 0) is 4.74 Å². The van der Waals surface area contributed by atoms with Crippen LogP contribution < -0.4 is 5.32 Å². The number of nitrogens with one attached hydrogen (secondary N) is 1. The summed E-state index contributed by atoms with van der Waals surface area (Å²) in [4.78, 5) is 0. The standard InChI is InChI=1S/C14H29NO/c1-6-13(16-5)14(15-4)12-8-10(2)7-11(3)9-12/h10-15H,6-9H2,1-5H3. The van der Waals surface area contributed by atoms with Crippen LogP contribution in [0.25, 0.3) is 0 Å². The lowest BCUT2D eigenvalue weighted by molar-refractivity contribution is 0.0289. The summed E-state index contributed by atoms with van der Waals surface area (Å²) in [6.45, 7) is 7.00. The van der Waals surface area contributed by atoms with E-state index in [0.717, 1.165) is 24.2 Å². The molecule has 0 saturated heterocycles. The molecule has 2 heteroatoms. The van der Waals surface area contributed by atoms with E-state index in [-0.39, 0.29) is 0 Å². The van der Waals surface area contributed by atoms with Crippen molar-refractivity contribution >= 4 is 0 Å². The van der Waals surface area contributed by atoms with Gasteiger partial charge in [0.2, 0.25) is 0 Å². The molecule has 1 fully saturated rings. The van der Waals surface area contributed by atoms with Gasteiger partial charge in [0.15, 0.2) is 0 Å². The Morgan fingerprint density at radius 1 is 1.19 bits per heavy atom. The average molecular weight is 227 g/mol. The van der Waals surface area contributed by atoms with Crippen LogP contribution in [-0.4, -0.2) is 26.3 Å². The maximum Gasteiger partial charge on any atom is 0.0724 e. The number of ether oxygens (including phenoxy) is 1. The fraction of sp³-hybridized carbons (Fsp3) is 1.00. The zero-order valence-corrected chi connectivity index (χ0v) is 11.6. The summed E-state index contributed by atoms with van der Waals surface area (Å²) in [5.41, 5.74) is 0. The minimum absolute atomic E-state index is 0.368. The van der Waals surface area contributed by atoms with Crippen molar-refractivity contribution in [3.63, 3.8) is 0 Å². The van der Waals surface area contributed by atoms with Crippen LogP contribution in [0.15, 0.2) is 0 Å². The number of rotatable bonds is 5. The fourth-order valence-corrected chi connectivity index (χ4v) is 3.59. The molecule has 0 aliphatic heterocycles. The molecule has 1 saturated carbocycles. The first-order chi connectivity index (χ1) is 7.62. The molecule has 2 nitrogen and oxygen atoms in total. The number of hydrogen-bond donors (Lipinski definition) is 1. The molecular formula is C14H29NO. The zero-order valence-electron chi connectivity index (χ0n) is 11.6. The highest BCUT2D eigenvalue weighted by Crippen LogP contribution is 2.36. The SMILES string of the molecule is CCC(OC)C(NC)C1CC(C)CC(C)C1. The van der Waals surface area contributed by atoms with Crippen LogP contribution in [0.2, 0.25) is 0 Å². The highest BCUT2D eigenvalue weighted by Gasteiger charge is 2.33. The molecule has 0 amide bonds. The lowest BCUT2D eigenvalue weighted by Gasteiger charge is -2.39. The van der Waals surface area contributed by atoms with Gasteiger partial charge in [0, 0.05) is 13.2 Å². The fourth-order valence-electron chi connectivity index (χ4n) is 3.59. The molecule has 0 radical (unpaired) electrons. The Balaban J connectivity index is 2.63. The van der Waals surface area contributed by atoms with Crippen LogP contribution >= 0.6 is 0 Å². The van der Waals surface area contributed by atoms with Crippen LogP contribution in [0.5, 0.6) is 0 Å². The summed E-state index contributed by atoms with van der Waals surface area (Å²) in [5.74, 6) is 2.53. The van der Waals surface area contributed by atoms with Gasteiger partial charge in [0.1, 0.15) is 0 Å². The lowest BCUT2D eigenvalue weighted by atomic mass is 9.72. The van der Waals surface area contributed by atoms with E-state index in [4.69, 9.17) is 4.74 Å². The van der Waals surface area contributed by atoms with Gasteiger partial charge in [-0.2, -0.15) is 0 Å². The molecule has 16 heavy (non-hydrogen) atoms. The molecule has 0 spiro atoms. The summed E-state index contributed by atoms with van der Waals surface area (Å²) >= 11 is 0. The van der Waals surface area contributed by atoms with Gasteiger partial charge in [-0.3, -0.25) is 0 Å². The average Bonchev–Trinajstić information content (AvgIpc) is 2.24. The van der Waals surface area contributed by atoms with Gasteiger partial charge in [-0.05, 0) is 50.5 Å². The number of likely N-dealkylation sites (N-methyl/N-ethyl adjacent to an activating group) is 1. The van der Waals surface area contributed by atoms with Gasteiger partial charge in [-0.1, -0.05) is 20.8 Å². The molecule has 0 heterocycles. The van der Waals surface area contributed by atoms with Crippen molar-refractivity contribution in [2.24, 2.45) is 17.8 Å². The zero-order chi connectivity index (χ0) is 12.1. The molecule has 0 bridgehead atoms. The number of methoxy groups -OCH3 is 1. The molecular weight excluding hydrogens is 198 g/mol. The normalized spacial score (nSPS) is 34.7. The Bertz CT molecular complexity index is 181. The van der Waals surface area contributed by atoms with E-state index in [9.17, 15) is 0 Å². The minimum Gasteiger partial charge on any atom is -0.380 e. The molecule has 1 rings (SSSR count). The smallest absolute Gasteiger partial charge is 0.0724 e. The first kappa shape index (κ1) is 14.0. The molecule has 0 aromatic rings. The topological polar surface area (TPSA) is 21.3 Å². The third-order valence-electron chi connectivity index (χ3n) is 4.16. The van der Waals surface area contributed by atoms with Crippen molar-refractivity contribution in [3.8, 4) is 0 Å². The highest BCUT2D eigenvalue weighted by atomic mass is 16.5. The Labute approximate surface area is 101 Å². The van der Waals surface area contributed by atoms with E-state index in [1.807, 2.05) is 7.11 Å². The predicted octanol–water partition coefficient (Wildman–Crippen LogP) is 3.07. The lowest BCUT2D eigenvalue weighted by Crippen LogP contribution is -2.46. The van der Waals surface area contributed by atoms with Crippen molar-refractivity contribution in [3.05, 3.63) is 0 Å². The second-order valence-corrected chi connectivity index (χ2v) is 5.67. The van der Waals surface area contributed by atoms with E-state index in [0.29, 0.717) is 12.1 Å². The Morgan fingerprint density at radius 3 is 2.12 bits per heavy atom. The molecule has 0 aromatic heterocycles. The molecule has 1 aliphatic carbocycles. The van der Waals surface area contributed by atoms with E-state index < -0.39 is 0 Å². The molecule has 96 valence electrons. The van der Waals surface area contributed by atoms with Crippen molar-refractivity contribution in [2.75, 3.05) is 14.2 Å². The quantitative estimate of drug-likeness (QED) is 0.779. The second kappa shape index (κ2) is 6.61. The minimum atomic E-state index is 0.368. The first-order valence-electron chi connectivity index (χ1n) is 6.82. The summed E-state index contributed by atoms with van der Waals surface area (Å²) in [7, 11) is 3.92. The monoisotopic (exact) mass is 227 g/mol. The van der Waals surface area contributed by atoms with Crippen molar-refractivity contribution in [2.45, 2.75) is 58.6 Å². The number of hydrogen-bond acceptors (Lipinski definition) is 2. The van der Waals surface area contributed by atoms with E-state index in [2.05, 4.69) is 33.1 Å². The summed E-state index contributed by atoms with van der Waals surface area (Å²) in [5, 5.41) is 3.49. The maximum atomic E-state index is 5.61. The highest BCUT2D eigenvalue weighted by molar-refractivity contribution is 4.87. The Morgan fingerprint density at radius 2 is 1.75 bits per heavy atom. The van der Waals surface area contributed by atoms with E-state index >= 15 is 0 Å². The van der Waals surface area contributed by atoms with Gasteiger partial charge in [-0.15, -0.1) is 0 Å². The van der Waals surface area contributed by atoms with Gasteiger partial charge in [0.25, 0.3) is 0 Å². The van der Waals surface area contributed by atoms with Crippen molar-refractivity contribution in [1.29, 1.82) is 0 Å². The molecule has 1 N–H and O–H groups in total. The molecule has 0 aromatic carbocycles. The predicted molar refractivity (Wildman–Crippen MR) is 69.6 cm³/mol. The van der Waals surface area contributed by atoms with E-state index in [1.54, 1.807) is 0 Å². The summed E-state index contributed by atoms with van der Waals surface area (Å²) in [6, 6.07) is 0.528. The molecule has 4 atom stereocenters. The van der Waals surface area contributed by atoms with Gasteiger partial charge in [0.05, 0.1) is 6.10 Å². The summed E-state index contributed by atoms with van der Waals surface area (Å²) in [6.07, 6.45) is 5.58. The third kappa shape index (κ3) is 3.46. The largest absolute Gasteiger partial charge is 0.380 e. The second-order valence-electron chi connectivity index (χ2n) is 5.67. The third-order valence-corrected chi connectivity index (χ3v) is 4.16. The first-order valence-corrected chi connectivity index (χ1v) is 6.82. The molecule has 4 unspecified atom stereocenters. The van der Waals surface area contributed by atoms with Crippen LogP contribution in [0.4, 0.5) is 0 Å². The van der Waals surface area contributed by atoms with Crippen LogP contribution in [0.1, 0.15) is 46.5 Å².